The number of hydrogen-bond donors (Lipinski definition) is 4. The van der Waals surface area contributed by atoms with Crippen molar-refractivity contribution in [3.63, 3.8) is 0 Å². The number of urea groups is 1. The second-order valence-corrected chi connectivity index (χ2v) is 8.21. The predicted molar refractivity (Wildman–Crippen MR) is 120 cm³/mol. The number of fused-ring (bicyclic) bond motifs is 3. The van der Waals surface area contributed by atoms with E-state index in [9.17, 15) is 24.3 Å². The molecular formula is C23H29N3O7. The topological polar surface area (TPSA) is 161 Å². The lowest BCUT2D eigenvalue weighted by Crippen LogP contribution is -2.46. The average molecular weight is 459 g/mol. The monoisotopic (exact) mass is 459 g/mol. The average Bonchev–Trinajstić information content (AvgIpc) is 2.77. The minimum atomic E-state index is -1.19. The third-order valence-electron chi connectivity index (χ3n) is 5.85. The highest BCUT2D eigenvalue weighted by Crippen LogP contribution is 2.32. The van der Waals surface area contributed by atoms with Crippen molar-refractivity contribution in [2.75, 3.05) is 6.54 Å². The van der Waals surface area contributed by atoms with Gasteiger partial charge >= 0.3 is 17.6 Å². The Balaban J connectivity index is 1.71. The van der Waals surface area contributed by atoms with E-state index in [4.69, 9.17) is 14.9 Å². The quantitative estimate of drug-likeness (QED) is 0.328. The molecule has 1 aliphatic carbocycles. The summed E-state index contributed by atoms with van der Waals surface area (Å²) in [5.41, 5.74) is 7.44. The molecule has 10 heteroatoms. The fourth-order valence-corrected chi connectivity index (χ4v) is 4.06. The minimum absolute atomic E-state index is 0.110. The number of aliphatic carboxylic acids is 1. The van der Waals surface area contributed by atoms with Crippen LogP contribution in [0.15, 0.2) is 21.3 Å². The fourth-order valence-electron chi connectivity index (χ4n) is 4.06. The van der Waals surface area contributed by atoms with Gasteiger partial charge in [-0.2, -0.15) is 0 Å². The van der Waals surface area contributed by atoms with E-state index in [1.807, 2.05) is 6.07 Å². The van der Waals surface area contributed by atoms with Crippen LogP contribution in [-0.2, 0) is 22.4 Å². The molecule has 0 fully saturated rings. The van der Waals surface area contributed by atoms with Crippen molar-refractivity contribution in [2.24, 2.45) is 5.73 Å². The Morgan fingerprint density at radius 3 is 2.58 bits per heavy atom. The molecule has 3 amide bonds. The molecule has 0 radical (unpaired) electrons. The molecule has 1 heterocycles. The number of primary amides is 1. The Labute approximate surface area is 190 Å². The lowest BCUT2D eigenvalue weighted by atomic mass is 9.90. The van der Waals surface area contributed by atoms with Gasteiger partial charge in [-0.15, -0.1) is 0 Å². The molecule has 178 valence electrons. The van der Waals surface area contributed by atoms with Crippen molar-refractivity contribution in [1.82, 2.24) is 10.6 Å². The molecule has 2 unspecified atom stereocenters. The number of carbonyl (C=O) groups excluding carboxylic acids is 2. The van der Waals surface area contributed by atoms with Crippen LogP contribution in [0.25, 0.3) is 11.0 Å². The smallest absolute Gasteiger partial charge is 0.339 e. The van der Waals surface area contributed by atoms with Crippen LogP contribution in [0.5, 0.6) is 5.75 Å². The highest BCUT2D eigenvalue weighted by atomic mass is 16.5. The SMILES string of the molecule is Cc1c(OC(C)C(=O)NC(CCCNC(N)=O)C(=O)O)ccc2c3c(c(=O)oc12)CCCC3. The Bertz CT molecular complexity index is 1130. The van der Waals surface area contributed by atoms with Gasteiger partial charge in [0.2, 0.25) is 0 Å². The molecule has 10 nitrogen and oxygen atoms in total. The Hall–Kier alpha value is -3.56. The van der Waals surface area contributed by atoms with Crippen LogP contribution in [0.4, 0.5) is 4.79 Å². The third-order valence-corrected chi connectivity index (χ3v) is 5.85. The first kappa shape index (κ1) is 24.1. The maximum absolute atomic E-state index is 12.6. The molecule has 2 aromatic rings. The molecule has 2 atom stereocenters. The molecule has 0 saturated carbocycles. The van der Waals surface area contributed by atoms with E-state index in [0.717, 1.165) is 35.8 Å². The largest absolute Gasteiger partial charge is 0.480 e. The van der Waals surface area contributed by atoms with Gasteiger partial charge in [0.25, 0.3) is 5.91 Å². The van der Waals surface area contributed by atoms with Crippen LogP contribution in [0.2, 0.25) is 0 Å². The summed E-state index contributed by atoms with van der Waals surface area (Å²) in [7, 11) is 0. The molecule has 0 spiro atoms. The summed E-state index contributed by atoms with van der Waals surface area (Å²) < 4.78 is 11.4. The van der Waals surface area contributed by atoms with Crippen LogP contribution >= 0.6 is 0 Å². The zero-order valence-corrected chi connectivity index (χ0v) is 18.7. The second kappa shape index (κ2) is 10.4. The Morgan fingerprint density at radius 2 is 1.91 bits per heavy atom. The standard InChI is InChI=1S/C23H29N3O7/c1-12-18(10-9-15-14-6-3-4-7-16(14)22(30)33-19(12)15)32-13(2)20(27)26-17(21(28)29)8-5-11-25-23(24)31/h9-10,13,17H,3-8,11H2,1-2H3,(H,26,27)(H,28,29)(H3,24,25,31). The number of carboxylic acids is 1. The van der Waals surface area contributed by atoms with Crippen LogP contribution < -0.4 is 26.7 Å². The molecule has 1 aromatic heterocycles. The molecule has 0 bridgehead atoms. The van der Waals surface area contributed by atoms with Gasteiger partial charge in [0.05, 0.1) is 0 Å². The number of ether oxygens (including phenoxy) is 1. The number of nitrogens with one attached hydrogen (secondary N) is 2. The first-order valence-electron chi connectivity index (χ1n) is 11.0. The Kier molecular flexibility index (Phi) is 7.57. The van der Waals surface area contributed by atoms with Gasteiger partial charge in [0.15, 0.2) is 6.10 Å². The maximum Gasteiger partial charge on any atom is 0.339 e. The van der Waals surface area contributed by atoms with Gasteiger partial charge in [0.1, 0.15) is 17.4 Å². The highest BCUT2D eigenvalue weighted by molar-refractivity contribution is 5.88. The normalized spacial score (nSPS) is 14.7. The molecule has 1 aromatic carbocycles. The number of rotatable bonds is 9. The van der Waals surface area contributed by atoms with Gasteiger partial charge in [-0.25, -0.2) is 14.4 Å². The summed E-state index contributed by atoms with van der Waals surface area (Å²) in [6.07, 6.45) is 2.96. The highest BCUT2D eigenvalue weighted by Gasteiger charge is 2.25. The van der Waals surface area contributed by atoms with Gasteiger partial charge in [-0.1, -0.05) is 0 Å². The predicted octanol–water partition coefficient (Wildman–Crippen LogP) is 1.77. The molecule has 0 saturated heterocycles. The minimum Gasteiger partial charge on any atom is -0.480 e. The molecule has 3 rings (SSSR count). The summed E-state index contributed by atoms with van der Waals surface area (Å²) in [5, 5.41) is 15.1. The number of amides is 3. The third kappa shape index (κ3) is 5.63. The number of benzene rings is 1. The van der Waals surface area contributed by atoms with Gasteiger partial charge in [-0.05, 0) is 70.1 Å². The summed E-state index contributed by atoms with van der Waals surface area (Å²) in [5.74, 6) is -1.42. The van der Waals surface area contributed by atoms with E-state index >= 15 is 0 Å². The number of carbonyl (C=O) groups is 3. The Morgan fingerprint density at radius 1 is 1.21 bits per heavy atom. The van der Waals surface area contributed by atoms with Crippen LogP contribution in [0.3, 0.4) is 0 Å². The van der Waals surface area contributed by atoms with Crippen LogP contribution in [0.1, 0.15) is 49.3 Å². The van der Waals surface area contributed by atoms with Gasteiger partial charge < -0.3 is 30.6 Å². The maximum atomic E-state index is 12.6. The number of hydrogen-bond acceptors (Lipinski definition) is 6. The molecule has 1 aliphatic rings. The summed E-state index contributed by atoms with van der Waals surface area (Å²) >= 11 is 0. The lowest BCUT2D eigenvalue weighted by molar-refractivity contribution is -0.143. The first-order chi connectivity index (χ1) is 15.7. The molecule has 33 heavy (non-hydrogen) atoms. The van der Waals surface area contributed by atoms with E-state index in [-0.39, 0.29) is 18.6 Å². The van der Waals surface area contributed by atoms with E-state index in [0.29, 0.717) is 29.7 Å². The van der Waals surface area contributed by atoms with Crippen LogP contribution in [0, 0.1) is 6.92 Å². The van der Waals surface area contributed by atoms with Crippen molar-refractivity contribution in [3.8, 4) is 5.75 Å². The molecule has 0 aliphatic heterocycles. The first-order valence-corrected chi connectivity index (χ1v) is 11.0. The van der Waals surface area contributed by atoms with E-state index in [1.165, 1.54) is 6.92 Å². The van der Waals surface area contributed by atoms with Crippen molar-refractivity contribution in [2.45, 2.75) is 64.5 Å². The van der Waals surface area contributed by atoms with Crippen molar-refractivity contribution >= 4 is 28.9 Å². The van der Waals surface area contributed by atoms with Gasteiger partial charge in [0, 0.05) is 23.1 Å². The van der Waals surface area contributed by atoms with Crippen molar-refractivity contribution in [1.29, 1.82) is 0 Å². The van der Waals surface area contributed by atoms with Crippen LogP contribution in [-0.4, -0.2) is 41.7 Å². The second-order valence-electron chi connectivity index (χ2n) is 8.21. The zero-order valence-electron chi connectivity index (χ0n) is 18.7. The van der Waals surface area contributed by atoms with Gasteiger partial charge in [-0.3, -0.25) is 4.79 Å². The van der Waals surface area contributed by atoms with Crippen molar-refractivity contribution < 1.29 is 28.6 Å². The molecular weight excluding hydrogens is 430 g/mol. The number of carboxylic acid groups (broad SMARTS) is 1. The van der Waals surface area contributed by atoms with Crippen molar-refractivity contribution in [3.05, 3.63) is 39.2 Å². The fraction of sp³-hybridized carbons (Fsp3) is 0.478. The summed E-state index contributed by atoms with van der Waals surface area (Å²) in [6, 6.07) is 1.73. The summed E-state index contributed by atoms with van der Waals surface area (Å²) in [4.78, 5) is 47.2. The summed E-state index contributed by atoms with van der Waals surface area (Å²) in [6.45, 7) is 3.47. The number of aryl methyl sites for hydroxylation is 2. The molecule has 5 N–H and O–H groups in total. The van der Waals surface area contributed by atoms with E-state index in [1.54, 1.807) is 13.0 Å². The zero-order chi connectivity index (χ0) is 24.1. The lowest BCUT2D eigenvalue weighted by Gasteiger charge is -2.21. The van der Waals surface area contributed by atoms with E-state index in [2.05, 4.69) is 10.6 Å². The number of nitrogens with two attached hydrogens (primary N) is 1. The van der Waals surface area contributed by atoms with E-state index < -0.39 is 30.1 Å².